The number of nitro benzene ring substituents is 1. The number of carboxylic acid groups (broad SMARTS) is 1. The van der Waals surface area contributed by atoms with Gasteiger partial charge in [0.1, 0.15) is 0 Å². The highest BCUT2D eigenvalue weighted by Crippen LogP contribution is 2.37. The van der Waals surface area contributed by atoms with Gasteiger partial charge in [0.05, 0.1) is 27.3 Å². The molecule has 2 aromatic carbocycles. The summed E-state index contributed by atoms with van der Waals surface area (Å²) in [6.07, 6.45) is 0. The third kappa shape index (κ3) is 2.90. The van der Waals surface area contributed by atoms with Crippen LogP contribution in [0.15, 0.2) is 35.3 Å². The molecular formula is C16H13N5O5. The first-order chi connectivity index (χ1) is 12.3. The number of nitrogens with two attached hydrogens (primary N) is 2. The second kappa shape index (κ2) is 6.16. The smallest absolute Gasteiger partial charge is 0.336 e. The summed E-state index contributed by atoms with van der Waals surface area (Å²) in [4.78, 5) is 38.0. The van der Waals surface area contributed by atoms with Crippen LogP contribution in [0.4, 0.5) is 11.4 Å². The number of hydrogen-bond acceptors (Lipinski definition) is 5. The number of nitrogens with one attached hydrogen (secondary N) is 1. The molecule has 0 saturated heterocycles. The third-order valence-electron chi connectivity index (χ3n) is 3.88. The lowest BCUT2D eigenvalue weighted by atomic mass is 9.94. The molecule has 0 unspecified atom stereocenters. The zero-order valence-corrected chi connectivity index (χ0v) is 13.2. The molecule has 2 aromatic rings. The molecule has 26 heavy (non-hydrogen) atoms. The summed E-state index contributed by atoms with van der Waals surface area (Å²) in [6.45, 7) is 0.204. The highest BCUT2D eigenvalue weighted by molar-refractivity contribution is 6.02. The summed E-state index contributed by atoms with van der Waals surface area (Å²) in [5, 5.41) is 23.5. The van der Waals surface area contributed by atoms with Gasteiger partial charge in [0, 0.05) is 18.2 Å². The summed E-state index contributed by atoms with van der Waals surface area (Å²) in [5.41, 5.74) is 11.3. The number of aromatic carboxylic acids is 1. The molecule has 1 heterocycles. The number of rotatable bonds is 4. The molecule has 0 radical (unpaired) electrons. The fraction of sp³-hybridized carbons (Fsp3) is 0.0625. The van der Waals surface area contributed by atoms with Crippen molar-refractivity contribution in [1.82, 2.24) is 5.32 Å². The highest BCUT2D eigenvalue weighted by atomic mass is 16.6. The maximum atomic E-state index is 11.8. The quantitative estimate of drug-likeness (QED) is 0.275. The van der Waals surface area contributed by atoms with Crippen molar-refractivity contribution in [2.75, 3.05) is 0 Å². The van der Waals surface area contributed by atoms with Crippen molar-refractivity contribution >= 4 is 29.2 Å². The van der Waals surface area contributed by atoms with Crippen LogP contribution in [0.25, 0.3) is 11.1 Å². The van der Waals surface area contributed by atoms with E-state index in [4.69, 9.17) is 11.5 Å². The van der Waals surface area contributed by atoms with E-state index in [0.717, 1.165) is 6.07 Å². The van der Waals surface area contributed by atoms with Crippen molar-refractivity contribution in [2.24, 2.45) is 16.5 Å². The number of guanidine groups is 1. The van der Waals surface area contributed by atoms with Gasteiger partial charge in [-0.05, 0) is 29.8 Å². The van der Waals surface area contributed by atoms with Crippen molar-refractivity contribution in [2.45, 2.75) is 6.54 Å². The number of carbonyl (C=O) groups is 2. The van der Waals surface area contributed by atoms with E-state index < -0.39 is 16.8 Å². The van der Waals surface area contributed by atoms with E-state index in [0.29, 0.717) is 5.56 Å². The Hall–Kier alpha value is -3.95. The van der Waals surface area contributed by atoms with Crippen LogP contribution in [0.3, 0.4) is 0 Å². The number of aliphatic imine (C=N–C) groups is 1. The number of carbonyl (C=O) groups excluding carboxylic acids is 1. The van der Waals surface area contributed by atoms with Gasteiger partial charge in [-0.25, -0.2) is 9.79 Å². The molecule has 3 rings (SSSR count). The van der Waals surface area contributed by atoms with E-state index in [-0.39, 0.29) is 46.1 Å². The summed E-state index contributed by atoms with van der Waals surface area (Å²) in [5.74, 6) is -1.92. The Labute approximate surface area is 146 Å². The summed E-state index contributed by atoms with van der Waals surface area (Å²) >= 11 is 0. The van der Waals surface area contributed by atoms with Gasteiger partial charge < -0.3 is 21.9 Å². The Morgan fingerprint density at radius 2 is 1.92 bits per heavy atom. The van der Waals surface area contributed by atoms with Gasteiger partial charge in [0.15, 0.2) is 5.96 Å². The van der Waals surface area contributed by atoms with Gasteiger partial charge in [-0.3, -0.25) is 14.9 Å². The number of fused-ring (bicyclic) bond motifs is 1. The van der Waals surface area contributed by atoms with Gasteiger partial charge >= 0.3 is 5.97 Å². The predicted molar refractivity (Wildman–Crippen MR) is 92.1 cm³/mol. The van der Waals surface area contributed by atoms with E-state index in [2.05, 4.69) is 10.3 Å². The van der Waals surface area contributed by atoms with E-state index >= 15 is 0 Å². The molecule has 132 valence electrons. The van der Waals surface area contributed by atoms with Crippen LogP contribution >= 0.6 is 0 Å². The van der Waals surface area contributed by atoms with Gasteiger partial charge in [-0.15, -0.1) is 0 Å². The lowest BCUT2D eigenvalue weighted by Gasteiger charge is -2.10. The number of amides is 1. The summed E-state index contributed by atoms with van der Waals surface area (Å²) in [7, 11) is 0. The fourth-order valence-electron chi connectivity index (χ4n) is 2.79. The largest absolute Gasteiger partial charge is 0.478 e. The monoisotopic (exact) mass is 355 g/mol. The maximum Gasteiger partial charge on any atom is 0.336 e. The first kappa shape index (κ1) is 16.9. The van der Waals surface area contributed by atoms with Gasteiger partial charge in [-0.1, -0.05) is 0 Å². The van der Waals surface area contributed by atoms with Crippen molar-refractivity contribution in [3.05, 3.63) is 57.1 Å². The molecule has 0 atom stereocenters. The maximum absolute atomic E-state index is 11.8. The van der Waals surface area contributed by atoms with Gasteiger partial charge in [-0.2, -0.15) is 0 Å². The first-order valence-corrected chi connectivity index (χ1v) is 7.35. The predicted octanol–water partition coefficient (Wildman–Crippen LogP) is 1.11. The molecule has 1 aliphatic heterocycles. The summed E-state index contributed by atoms with van der Waals surface area (Å²) < 4.78 is 0. The molecule has 10 heteroatoms. The Balaban J connectivity index is 2.31. The zero-order chi connectivity index (χ0) is 19.0. The van der Waals surface area contributed by atoms with E-state index in [1.165, 1.54) is 24.3 Å². The zero-order valence-electron chi connectivity index (χ0n) is 13.2. The van der Waals surface area contributed by atoms with Gasteiger partial charge in [0.25, 0.3) is 11.6 Å². The summed E-state index contributed by atoms with van der Waals surface area (Å²) in [6, 6.07) is 6.58. The lowest BCUT2D eigenvalue weighted by molar-refractivity contribution is -0.384. The normalized spacial score (nSPS) is 12.2. The fourth-order valence-corrected chi connectivity index (χ4v) is 2.79. The van der Waals surface area contributed by atoms with Crippen LogP contribution in [0.5, 0.6) is 0 Å². The number of nitrogens with zero attached hydrogens (tertiary/aromatic N) is 2. The molecule has 1 aliphatic rings. The van der Waals surface area contributed by atoms with Crippen molar-refractivity contribution < 1.29 is 19.6 Å². The second-order valence-electron chi connectivity index (χ2n) is 5.54. The Kier molecular flexibility index (Phi) is 4.01. The van der Waals surface area contributed by atoms with Crippen LogP contribution in [-0.2, 0) is 6.54 Å². The first-order valence-electron chi connectivity index (χ1n) is 7.35. The number of hydrogen-bond donors (Lipinski definition) is 4. The van der Waals surface area contributed by atoms with Crippen molar-refractivity contribution in [3.63, 3.8) is 0 Å². The molecular weight excluding hydrogens is 342 g/mol. The van der Waals surface area contributed by atoms with Crippen LogP contribution in [0.1, 0.15) is 26.3 Å². The minimum atomic E-state index is -1.26. The van der Waals surface area contributed by atoms with Crippen molar-refractivity contribution in [1.29, 1.82) is 0 Å². The Morgan fingerprint density at radius 3 is 2.54 bits per heavy atom. The third-order valence-corrected chi connectivity index (χ3v) is 3.88. The average Bonchev–Trinajstić information content (AvgIpc) is 2.93. The molecule has 0 saturated carbocycles. The van der Waals surface area contributed by atoms with Gasteiger partial charge in [0.2, 0.25) is 0 Å². The molecule has 1 amide bonds. The number of carboxylic acids is 1. The second-order valence-corrected chi connectivity index (χ2v) is 5.54. The van der Waals surface area contributed by atoms with Crippen molar-refractivity contribution in [3.8, 4) is 11.1 Å². The topological polar surface area (TPSA) is 174 Å². The van der Waals surface area contributed by atoms with Crippen LogP contribution in [0.2, 0.25) is 0 Å². The van der Waals surface area contributed by atoms with Crippen LogP contribution < -0.4 is 16.8 Å². The molecule has 0 fully saturated rings. The molecule has 0 aromatic heterocycles. The lowest BCUT2D eigenvalue weighted by Crippen LogP contribution is -2.21. The molecule has 0 bridgehead atoms. The Morgan fingerprint density at radius 1 is 1.19 bits per heavy atom. The molecule has 6 N–H and O–H groups in total. The van der Waals surface area contributed by atoms with E-state index in [1.54, 1.807) is 0 Å². The Bertz CT molecular complexity index is 995. The highest BCUT2D eigenvalue weighted by Gasteiger charge is 2.28. The SMILES string of the molecule is NC(N)=Nc1ccc(C(=O)O)c(-c2cc3c(cc2[N+](=O)[O-])C(=O)NC3)c1. The van der Waals surface area contributed by atoms with E-state index in [1.807, 2.05) is 0 Å². The van der Waals surface area contributed by atoms with Crippen LogP contribution in [-0.4, -0.2) is 27.9 Å². The van der Waals surface area contributed by atoms with E-state index in [9.17, 15) is 24.8 Å². The number of benzene rings is 2. The molecule has 0 aliphatic carbocycles. The molecule has 0 spiro atoms. The number of nitro groups is 1. The van der Waals surface area contributed by atoms with Crippen LogP contribution in [0, 0.1) is 10.1 Å². The standard InChI is InChI=1S/C16H13N5O5/c17-16(18)20-8-1-2-9(15(23)24)11(4-8)12-3-7-6-19-14(22)10(7)5-13(12)21(25)26/h1-5H,6H2,(H,19,22)(H,23,24)(H4,17,18,20). The molecule has 10 nitrogen and oxygen atoms in total. The average molecular weight is 355 g/mol. The minimum Gasteiger partial charge on any atom is -0.478 e. The minimum absolute atomic E-state index is 0.0651.